The standard InChI is InChI=1S/C16H26O4/c1-10(2)13-9-12(17)14(16(18)19-3)15(20-13)11-7-5-4-6-8-11/h10-11,13-15H,4-9H2,1-3H3/t13-,14+,15-/m0/s1. The number of carbonyl (C=O) groups excluding carboxylic acids is 2. The summed E-state index contributed by atoms with van der Waals surface area (Å²) in [5.41, 5.74) is 0. The molecular weight excluding hydrogens is 256 g/mol. The van der Waals surface area contributed by atoms with Gasteiger partial charge in [-0.3, -0.25) is 9.59 Å². The molecule has 1 aliphatic heterocycles. The van der Waals surface area contributed by atoms with Crippen LogP contribution in [0.5, 0.6) is 0 Å². The summed E-state index contributed by atoms with van der Waals surface area (Å²) in [6.45, 7) is 4.13. The highest BCUT2D eigenvalue weighted by atomic mass is 16.5. The molecule has 4 nitrogen and oxygen atoms in total. The number of ketones is 1. The van der Waals surface area contributed by atoms with Gasteiger partial charge in [-0.2, -0.15) is 0 Å². The molecule has 0 N–H and O–H groups in total. The Morgan fingerprint density at radius 3 is 2.45 bits per heavy atom. The van der Waals surface area contributed by atoms with Gasteiger partial charge in [-0.1, -0.05) is 33.1 Å². The molecule has 2 aliphatic rings. The van der Waals surface area contributed by atoms with E-state index in [1.807, 2.05) is 0 Å². The van der Waals surface area contributed by atoms with E-state index in [1.54, 1.807) is 0 Å². The highest BCUT2D eigenvalue weighted by molar-refractivity contribution is 6.00. The average Bonchev–Trinajstić information content (AvgIpc) is 2.46. The van der Waals surface area contributed by atoms with Crippen molar-refractivity contribution in [3.63, 3.8) is 0 Å². The average molecular weight is 282 g/mol. The fourth-order valence-corrected chi connectivity index (χ4v) is 3.47. The lowest BCUT2D eigenvalue weighted by Crippen LogP contribution is -2.50. The Morgan fingerprint density at radius 1 is 1.25 bits per heavy atom. The molecule has 1 saturated heterocycles. The lowest BCUT2D eigenvalue weighted by Gasteiger charge is -2.41. The predicted molar refractivity (Wildman–Crippen MR) is 75.2 cm³/mol. The third kappa shape index (κ3) is 3.22. The fraction of sp³-hybridized carbons (Fsp3) is 0.875. The molecule has 0 bridgehead atoms. The van der Waals surface area contributed by atoms with Crippen LogP contribution in [0.3, 0.4) is 0 Å². The summed E-state index contributed by atoms with van der Waals surface area (Å²) in [6.07, 6.45) is 5.67. The number of esters is 1. The van der Waals surface area contributed by atoms with Crippen LogP contribution in [0, 0.1) is 17.8 Å². The van der Waals surface area contributed by atoms with E-state index in [0.717, 1.165) is 12.8 Å². The maximum absolute atomic E-state index is 12.4. The van der Waals surface area contributed by atoms with Crippen molar-refractivity contribution < 1.29 is 19.1 Å². The minimum absolute atomic E-state index is 0.00243. The number of methoxy groups -OCH3 is 1. The van der Waals surface area contributed by atoms with Crippen LogP contribution in [0.1, 0.15) is 52.4 Å². The summed E-state index contributed by atoms with van der Waals surface area (Å²) in [5, 5.41) is 0. The molecular formula is C16H26O4. The maximum atomic E-state index is 12.4. The Labute approximate surface area is 121 Å². The Hall–Kier alpha value is -0.900. The van der Waals surface area contributed by atoms with Crippen LogP contribution in [-0.4, -0.2) is 31.1 Å². The zero-order valence-electron chi connectivity index (χ0n) is 12.8. The molecule has 0 aromatic carbocycles. The molecule has 0 spiro atoms. The van der Waals surface area contributed by atoms with Crippen molar-refractivity contribution in [1.29, 1.82) is 0 Å². The van der Waals surface area contributed by atoms with E-state index in [1.165, 1.54) is 26.4 Å². The van der Waals surface area contributed by atoms with Crippen molar-refractivity contribution in [3.8, 4) is 0 Å². The van der Waals surface area contributed by atoms with Crippen molar-refractivity contribution in [2.45, 2.75) is 64.6 Å². The molecule has 2 rings (SSSR count). The number of rotatable bonds is 3. The number of hydrogen-bond donors (Lipinski definition) is 0. The molecule has 0 amide bonds. The highest BCUT2D eigenvalue weighted by Crippen LogP contribution is 2.37. The number of ether oxygens (including phenoxy) is 2. The van der Waals surface area contributed by atoms with E-state index in [-0.39, 0.29) is 18.0 Å². The molecule has 1 aliphatic carbocycles. The zero-order valence-corrected chi connectivity index (χ0v) is 12.8. The monoisotopic (exact) mass is 282 g/mol. The van der Waals surface area contributed by atoms with Crippen LogP contribution < -0.4 is 0 Å². The van der Waals surface area contributed by atoms with Crippen molar-refractivity contribution >= 4 is 11.8 Å². The van der Waals surface area contributed by atoms with Crippen LogP contribution in [0.2, 0.25) is 0 Å². The van der Waals surface area contributed by atoms with E-state index in [4.69, 9.17) is 9.47 Å². The van der Waals surface area contributed by atoms with Crippen molar-refractivity contribution in [2.24, 2.45) is 17.8 Å². The molecule has 0 aromatic heterocycles. The second kappa shape index (κ2) is 6.70. The van der Waals surface area contributed by atoms with E-state index in [0.29, 0.717) is 18.3 Å². The van der Waals surface area contributed by atoms with Gasteiger partial charge in [-0.25, -0.2) is 0 Å². The normalized spacial score (nSPS) is 32.4. The molecule has 114 valence electrons. The van der Waals surface area contributed by atoms with Gasteiger partial charge in [-0.15, -0.1) is 0 Å². The number of Topliss-reactive ketones (excluding diaryl/α,β-unsaturated/α-hetero) is 1. The van der Waals surface area contributed by atoms with Gasteiger partial charge in [0.15, 0.2) is 5.78 Å². The third-order valence-electron chi connectivity index (χ3n) is 4.72. The lowest BCUT2D eigenvalue weighted by atomic mass is 9.76. The first kappa shape index (κ1) is 15.5. The Kier molecular flexibility index (Phi) is 5.19. The highest BCUT2D eigenvalue weighted by Gasteiger charge is 2.46. The summed E-state index contributed by atoms with van der Waals surface area (Å²) in [4.78, 5) is 24.4. The van der Waals surface area contributed by atoms with Crippen LogP contribution in [-0.2, 0) is 19.1 Å². The van der Waals surface area contributed by atoms with Gasteiger partial charge in [0, 0.05) is 6.42 Å². The van der Waals surface area contributed by atoms with E-state index < -0.39 is 11.9 Å². The summed E-state index contributed by atoms with van der Waals surface area (Å²) < 4.78 is 11.0. The first-order valence-electron chi connectivity index (χ1n) is 7.80. The molecule has 0 radical (unpaired) electrons. The molecule has 0 unspecified atom stereocenters. The van der Waals surface area contributed by atoms with Gasteiger partial charge < -0.3 is 9.47 Å². The molecule has 2 fully saturated rings. The number of carbonyl (C=O) groups is 2. The largest absolute Gasteiger partial charge is 0.468 e. The first-order chi connectivity index (χ1) is 9.54. The van der Waals surface area contributed by atoms with Crippen LogP contribution in [0.4, 0.5) is 0 Å². The minimum Gasteiger partial charge on any atom is -0.468 e. The van der Waals surface area contributed by atoms with Gasteiger partial charge in [0.1, 0.15) is 5.92 Å². The maximum Gasteiger partial charge on any atom is 0.318 e. The molecule has 4 heteroatoms. The quantitative estimate of drug-likeness (QED) is 0.590. The smallest absolute Gasteiger partial charge is 0.318 e. The van der Waals surface area contributed by atoms with Crippen molar-refractivity contribution in [2.75, 3.05) is 7.11 Å². The van der Waals surface area contributed by atoms with Crippen molar-refractivity contribution in [1.82, 2.24) is 0 Å². The number of hydrogen-bond acceptors (Lipinski definition) is 4. The zero-order chi connectivity index (χ0) is 14.7. The second-order valence-corrected chi connectivity index (χ2v) is 6.45. The first-order valence-corrected chi connectivity index (χ1v) is 7.80. The van der Waals surface area contributed by atoms with Gasteiger partial charge in [0.25, 0.3) is 0 Å². The summed E-state index contributed by atoms with van der Waals surface area (Å²) in [6, 6.07) is 0. The van der Waals surface area contributed by atoms with Gasteiger partial charge in [0.05, 0.1) is 19.3 Å². The van der Waals surface area contributed by atoms with E-state index >= 15 is 0 Å². The molecule has 1 heterocycles. The Balaban J connectivity index is 2.19. The predicted octanol–water partition coefficient (Wildman–Crippen LogP) is 2.74. The Bertz CT molecular complexity index is 357. The van der Waals surface area contributed by atoms with Gasteiger partial charge in [-0.05, 0) is 24.7 Å². The summed E-state index contributed by atoms with van der Waals surface area (Å²) in [5.74, 6) is -0.523. The SMILES string of the molecule is COC(=O)[C@@H]1C(=O)C[C@@H](C(C)C)O[C@H]1C1CCCCC1. The minimum atomic E-state index is -0.710. The molecule has 0 aromatic rings. The van der Waals surface area contributed by atoms with E-state index in [2.05, 4.69) is 13.8 Å². The molecule has 20 heavy (non-hydrogen) atoms. The van der Waals surface area contributed by atoms with Gasteiger partial charge >= 0.3 is 5.97 Å². The fourth-order valence-electron chi connectivity index (χ4n) is 3.47. The van der Waals surface area contributed by atoms with Crippen LogP contribution in [0.25, 0.3) is 0 Å². The Morgan fingerprint density at radius 2 is 1.90 bits per heavy atom. The second-order valence-electron chi connectivity index (χ2n) is 6.45. The van der Waals surface area contributed by atoms with Crippen LogP contribution in [0.15, 0.2) is 0 Å². The summed E-state index contributed by atoms with van der Waals surface area (Å²) >= 11 is 0. The third-order valence-corrected chi connectivity index (χ3v) is 4.72. The van der Waals surface area contributed by atoms with Crippen LogP contribution >= 0.6 is 0 Å². The lowest BCUT2D eigenvalue weighted by molar-refractivity contribution is -0.176. The van der Waals surface area contributed by atoms with Crippen molar-refractivity contribution in [3.05, 3.63) is 0 Å². The topological polar surface area (TPSA) is 52.6 Å². The summed E-state index contributed by atoms with van der Waals surface area (Å²) in [7, 11) is 1.35. The van der Waals surface area contributed by atoms with E-state index in [9.17, 15) is 9.59 Å². The van der Waals surface area contributed by atoms with Gasteiger partial charge in [0.2, 0.25) is 0 Å². The molecule has 3 atom stereocenters. The molecule has 1 saturated carbocycles.